The van der Waals surface area contributed by atoms with Crippen LogP contribution in [0.4, 0.5) is 0 Å². The van der Waals surface area contributed by atoms with Crippen molar-refractivity contribution in [2.45, 2.75) is 24.8 Å². The summed E-state index contributed by atoms with van der Waals surface area (Å²) in [5.74, 6) is -1.20. The highest BCUT2D eigenvalue weighted by atomic mass is 16.5. The van der Waals surface area contributed by atoms with Gasteiger partial charge in [-0.25, -0.2) is 9.59 Å². The van der Waals surface area contributed by atoms with Gasteiger partial charge in [-0.3, -0.25) is 0 Å². The molecule has 152 valence electrons. The highest BCUT2D eigenvalue weighted by Gasteiger charge is 2.42. The molecule has 0 saturated carbocycles. The summed E-state index contributed by atoms with van der Waals surface area (Å²) in [6, 6.07) is 19.4. The Morgan fingerprint density at radius 3 is 2.03 bits per heavy atom. The van der Waals surface area contributed by atoms with Crippen molar-refractivity contribution < 1.29 is 24.5 Å². The van der Waals surface area contributed by atoms with Crippen LogP contribution in [0.5, 0.6) is 11.5 Å². The number of benzene rings is 3. The monoisotopic (exact) mass is 403 g/mol. The van der Waals surface area contributed by atoms with Crippen molar-refractivity contribution in [2.24, 2.45) is 5.73 Å². The van der Waals surface area contributed by atoms with Crippen molar-refractivity contribution in [3.05, 3.63) is 94.5 Å². The minimum Gasteiger partial charge on any atom is -0.480 e. The van der Waals surface area contributed by atoms with Crippen molar-refractivity contribution in [3.63, 3.8) is 0 Å². The molecule has 6 heteroatoms. The molecule has 0 aliphatic carbocycles. The molecular weight excluding hydrogens is 382 g/mol. The van der Waals surface area contributed by atoms with Gasteiger partial charge in [-0.1, -0.05) is 42.5 Å². The van der Waals surface area contributed by atoms with Gasteiger partial charge in [0.15, 0.2) is 0 Å². The Morgan fingerprint density at radius 1 is 0.967 bits per heavy atom. The zero-order valence-corrected chi connectivity index (χ0v) is 16.3. The molecule has 0 radical (unpaired) electrons. The average Bonchev–Trinajstić information content (AvgIpc) is 2.73. The number of carboxylic acids is 2. The fraction of sp³-hybridized carbons (Fsp3) is 0.167. The quantitative estimate of drug-likeness (QED) is 0.587. The van der Waals surface area contributed by atoms with Crippen LogP contribution in [0, 0.1) is 6.92 Å². The smallest absolute Gasteiger partial charge is 0.335 e. The predicted molar refractivity (Wildman–Crippen MR) is 111 cm³/mol. The number of nitrogens with two attached hydrogens (primary N) is 1. The van der Waals surface area contributed by atoms with E-state index in [1.807, 2.05) is 48.5 Å². The number of aryl methyl sites for hydroxylation is 1. The van der Waals surface area contributed by atoms with Crippen LogP contribution in [0.25, 0.3) is 0 Å². The summed E-state index contributed by atoms with van der Waals surface area (Å²) in [4.78, 5) is 23.7. The number of aromatic carboxylic acids is 1. The standard InChI is InChI=1S/C24H21NO5/c1-14-12-15(22(26)27)10-11-19(14)24(25,23(28)29)13-18-16-6-2-4-8-20(16)30-21-9-5-3-7-17(18)21/h2-12,18H,13,25H2,1H3,(H,26,27)(H,28,29). The van der Waals surface area contributed by atoms with E-state index in [-0.39, 0.29) is 17.9 Å². The van der Waals surface area contributed by atoms with E-state index in [0.717, 1.165) is 11.1 Å². The van der Waals surface area contributed by atoms with Crippen LogP contribution >= 0.6 is 0 Å². The summed E-state index contributed by atoms with van der Waals surface area (Å²) >= 11 is 0. The van der Waals surface area contributed by atoms with Gasteiger partial charge in [0.05, 0.1) is 5.56 Å². The Hall–Kier alpha value is -3.64. The van der Waals surface area contributed by atoms with Crippen molar-refractivity contribution in [2.75, 3.05) is 0 Å². The summed E-state index contributed by atoms with van der Waals surface area (Å²) in [6.45, 7) is 1.68. The molecule has 4 rings (SSSR count). The molecule has 0 spiro atoms. The fourth-order valence-corrected chi connectivity index (χ4v) is 4.16. The van der Waals surface area contributed by atoms with E-state index in [1.54, 1.807) is 6.92 Å². The van der Waals surface area contributed by atoms with Crippen LogP contribution in [0.3, 0.4) is 0 Å². The van der Waals surface area contributed by atoms with Crippen LogP contribution in [0.2, 0.25) is 0 Å². The van der Waals surface area contributed by atoms with Crippen molar-refractivity contribution >= 4 is 11.9 Å². The lowest BCUT2D eigenvalue weighted by atomic mass is 9.74. The first-order valence-corrected chi connectivity index (χ1v) is 9.53. The number of hydrogen-bond donors (Lipinski definition) is 3. The van der Waals surface area contributed by atoms with E-state index >= 15 is 0 Å². The third-order valence-electron chi connectivity index (χ3n) is 5.67. The molecule has 1 aliphatic heterocycles. The maximum atomic E-state index is 12.4. The molecule has 0 aromatic heterocycles. The van der Waals surface area contributed by atoms with Crippen LogP contribution < -0.4 is 10.5 Å². The highest BCUT2D eigenvalue weighted by molar-refractivity contribution is 5.88. The van der Waals surface area contributed by atoms with E-state index in [2.05, 4.69) is 0 Å². The second kappa shape index (κ2) is 7.31. The summed E-state index contributed by atoms with van der Waals surface area (Å²) in [5, 5.41) is 19.4. The number of hydrogen-bond acceptors (Lipinski definition) is 4. The molecule has 0 amide bonds. The predicted octanol–water partition coefficient (Wildman–Crippen LogP) is 4.26. The lowest BCUT2D eigenvalue weighted by Gasteiger charge is -2.35. The Morgan fingerprint density at radius 2 is 1.53 bits per heavy atom. The lowest BCUT2D eigenvalue weighted by molar-refractivity contribution is -0.144. The molecule has 3 aromatic carbocycles. The molecule has 3 aromatic rings. The molecule has 0 fully saturated rings. The average molecular weight is 403 g/mol. The highest BCUT2D eigenvalue weighted by Crippen LogP contribution is 2.48. The fourth-order valence-electron chi connectivity index (χ4n) is 4.16. The topological polar surface area (TPSA) is 110 Å². The van der Waals surface area contributed by atoms with Gasteiger partial charge in [0.2, 0.25) is 0 Å². The Balaban J connectivity index is 1.83. The van der Waals surface area contributed by atoms with Crippen LogP contribution in [0.1, 0.15) is 45.0 Å². The van der Waals surface area contributed by atoms with E-state index in [0.29, 0.717) is 22.6 Å². The Bertz CT molecular complexity index is 1110. The maximum Gasteiger partial charge on any atom is 0.335 e. The minimum atomic E-state index is -1.72. The first-order valence-electron chi connectivity index (χ1n) is 9.53. The molecule has 1 heterocycles. The third-order valence-corrected chi connectivity index (χ3v) is 5.67. The number of para-hydroxylation sites is 2. The number of ether oxygens (including phenoxy) is 1. The number of carboxylic acid groups (broad SMARTS) is 2. The van der Waals surface area contributed by atoms with Gasteiger partial charge in [-0.15, -0.1) is 0 Å². The van der Waals surface area contributed by atoms with Gasteiger partial charge in [0.25, 0.3) is 0 Å². The largest absolute Gasteiger partial charge is 0.480 e. The number of rotatable bonds is 5. The molecule has 0 saturated heterocycles. The van der Waals surface area contributed by atoms with Gasteiger partial charge < -0.3 is 20.7 Å². The molecule has 4 N–H and O–H groups in total. The van der Waals surface area contributed by atoms with Crippen molar-refractivity contribution in [1.82, 2.24) is 0 Å². The van der Waals surface area contributed by atoms with E-state index in [9.17, 15) is 19.8 Å². The molecule has 0 bridgehead atoms. The zero-order valence-electron chi connectivity index (χ0n) is 16.3. The summed E-state index contributed by atoms with van der Waals surface area (Å²) in [7, 11) is 0. The van der Waals surface area contributed by atoms with Gasteiger partial charge in [-0.2, -0.15) is 0 Å². The summed E-state index contributed by atoms with van der Waals surface area (Å²) < 4.78 is 6.00. The molecule has 1 atom stereocenters. The lowest BCUT2D eigenvalue weighted by Crippen LogP contribution is -2.47. The van der Waals surface area contributed by atoms with Crippen molar-refractivity contribution in [1.29, 1.82) is 0 Å². The number of carbonyl (C=O) groups is 2. The summed E-state index contributed by atoms with van der Waals surface area (Å²) in [5.41, 5.74) is 7.56. The van der Waals surface area contributed by atoms with E-state index in [4.69, 9.17) is 10.5 Å². The van der Waals surface area contributed by atoms with Gasteiger partial charge in [-0.05, 0) is 48.7 Å². The molecule has 1 unspecified atom stereocenters. The first kappa shape index (κ1) is 19.7. The molecule has 30 heavy (non-hydrogen) atoms. The minimum absolute atomic E-state index is 0.0887. The first-order chi connectivity index (χ1) is 14.3. The van der Waals surface area contributed by atoms with Crippen molar-refractivity contribution in [3.8, 4) is 11.5 Å². The van der Waals surface area contributed by atoms with E-state index < -0.39 is 17.5 Å². The van der Waals surface area contributed by atoms with Crippen LogP contribution in [0.15, 0.2) is 66.7 Å². The van der Waals surface area contributed by atoms with Gasteiger partial charge >= 0.3 is 11.9 Å². The number of fused-ring (bicyclic) bond motifs is 2. The summed E-state index contributed by atoms with van der Waals surface area (Å²) in [6.07, 6.45) is 0.0903. The second-order valence-electron chi connectivity index (χ2n) is 7.55. The molecule has 1 aliphatic rings. The number of aliphatic carboxylic acids is 1. The third kappa shape index (κ3) is 3.21. The second-order valence-corrected chi connectivity index (χ2v) is 7.55. The van der Waals surface area contributed by atoms with Gasteiger partial charge in [0.1, 0.15) is 17.0 Å². The normalized spacial score (nSPS) is 14.7. The SMILES string of the molecule is Cc1cc(C(=O)O)ccc1C(N)(CC1c2ccccc2Oc2ccccc21)C(=O)O. The van der Waals surface area contributed by atoms with E-state index in [1.165, 1.54) is 18.2 Å². The van der Waals surface area contributed by atoms with Gasteiger partial charge in [0, 0.05) is 17.0 Å². The zero-order chi connectivity index (χ0) is 21.5. The Labute approximate surface area is 173 Å². The Kier molecular flexibility index (Phi) is 4.79. The molecule has 6 nitrogen and oxygen atoms in total. The van der Waals surface area contributed by atoms with Crippen LogP contribution in [-0.4, -0.2) is 22.2 Å². The molecular formula is C24H21NO5. The maximum absolute atomic E-state index is 12.4. The van der Waals surface area contributed by atoms with Crippen LogP contribution in [-0.2, 0) is 10.3 Å².